The minimum absolute atomic E-state index is 0.0122. The molecule has 0 saturated carbocycles. The van der Waals surface area contributed by atoms with Gasteiger partial charge in [0.15, 0.2) is 0 Å². The van der Waals surface area contributed by atoms with Crippen LogP contribution in [0.3, 0.4) is 0 Å². The number of fused-ring (bicyclic) bond motifs is 1. The number of piperidine rings is 1. The van der Waals surface area contributed by atoms with Crippen molar-refractivity contribution in [2.75, 3.05) is 26.4 Å². The van der Waals surface area contributed by atoms with E-state index >= 15 is 0 Å². The zero-order valence-corrected chi connectivity index (χ0v) is 25.7. The fraction of sp³-hybridized carbons (Fsp3) is 0.586. The number of nitro groups is 1. The first-order chi connectivity index (χ1) is 21.3. The van der Waals surface area contributed by atoms with Gasteiger partial charge in [0, 0.05) is 40.8 Å². The molecular formula is C29H38N4O11S. The van der Waals surface area contributed by atoms with Crippen LogP contribution >= 0.6 is 11.8 Å². The number of hydrogen-bond donors (Lipinski definition) is 5. The number of β-lactam (4-membered cyclic amide) rings is 1. The number of hydrogen-bond acceptors (Lipinski definition) is 12. The molecule has 5 N–H and O–H groups in total. The van der Waals surface area contributed by atoms with Crippen LogP contribution in [0.15, 0.2) is 34.9 Å². The van der Waals surface area contributed by atoms with Crippen LogP contribution in [0.2, 0.25) is 0 Å². The number of aliphatic hydroxyl groups excluding tert-OH is 2. The van der Waals surface area contributed by atoms with Crippen LogP contribution in [0.4, 0.5) is 5.69 Å². The number of rotatable bonds is 9. The number of carbonyl (C=O) groups excluding carboxylic acids is 2. The molecular weight excluding hydrogens is 612 g/mol. The number of benzene rings is 1. The summed E-state index contributed by atoms with van der Waals surface area (Å²) in [5, 5.41) is 49.6. The summed E-state index contributed by atoms with van der Waals surface area (Å²) in [7, 11) is 0. The lowest BCUT2D eigenvalue weighted by molar-refractivity contribution is -0.384. The van der Waals surface area contributed by atoms with Gasteiger partial charge in [0.1, 0.15) is 12.3 Å². The van der Waals surface area contributed by atoms with Crippen molar-refractivity contribution in [3.63, 3.8) is 0 Å². The van der Waals surface area contributed by atoms with Gasteiger partial charge in [0.05, 0.1) is 29.7 Å². The predicted octanol–water partition coefficient (Wildman–Crippen LogP) is 0.988. The largest absolute Gasteiger partial charge is 0.473 e. The number of aliphatic hydroxyl groups is 2. The average molecular weight is 651 g/mol. The summed E-state index contributed by atoms with van der Waals surface area (Å²) in [5.74, 6) is -4.76. The predicted molar refractivity (Wildman–Crippen MR) is 159 cm³/mol. The van der Waals surface area contributed by atoms with E-state index in [-0.39, 0.29) is 53.9 Å². The average Bonchev–Trinajstić information content (AvgIpc) is 3.53. The minimum atomic E-state index is -1.82. The molecule has 45 heavy (non-hydrogen) atoms. The second kappa shape index (κ2) is 14.7. The number of esters is 1. The van der Waals surface area contributed by atoms with Crippen LogP contribution in [-0.2, 0) is 30.5 Å². The van der Waals surface area contributed by atoms with E-state index < -0.39 is 34.9 Å². The molecule has 6 atom stereocenters. The molecule has 246 valence electrons. The van der Waals surface area contributed by atoms with Crippen molar-refractivity contribution in [1.82, 2.24) is 15.1 Å². The zero-order valence-electron chi connectivity index (χ0n) is 24.9. The summed E-state index contributed by atoms with van der Waals surface area (Å²) in [6.07, 6.45) is 2.19. The maximum atomic E-state index is 13.5. The first kappa shape index (κ1) is 34.3. The molecule has 5 rings (SSSR count). The summed E-state index contributed by atoms with van der Waals surface area (Å²) < 4.78 is 5.62. The molecule has 4 aliphatic rings. The molecule has 5 unspecified atom stereocenters. The number of carboxylic acids is 2. The molecule has 0 radical (unpaired) electrons. The molecule has 3 fully saturated rings. The highest BCUT2D eigenvalue weighted by Gasteiger charge is 2.60. The maximum Gasteiger partial charge on any atom is 0.414 e. The summed E-state index contributed by atoms with van der Waals surface area (Å²) in [6, 6.07) is 5.75. The third-order valence-corrected chi connectivity index (χ3v) is 10.3. The lowest BCUT2D eigenvalue weighted by Crippen LogP contribution is -2.63. The number of thioether (sulfide) groups is 1. The Bertz CT molecular complexity index is 1320. The number of amides is 1. The van der Waals surface area contributed by atoms with Crippen LogP contribution in [0.1, 0.15) is 38.7 Å². The van der Waals surface area contributed by atoms with Gasteiger partial charge in [0.25, 0.3) is 5.69 Å². The fourth-order valence-corrected chi connectivity index (χ4v) is 8.20. The molecule has 0 aliphatic carbocycles. The van der Waals surface area contributed by atoms with Gasteiger partial charge in [-0.15, -0.1) is 11.8 Å². The van der Waals surface area contributed by atoms with Gasteiger partial charge in [0.2, 0.25) is 5.91 Å². The second-order valence-electron chi connectivity index (χ2n) is 11.6. The SMILES string of the molecule is CC(O)C1C(=O)N2C(C(=O)OCc3ccc([N+](=O)[O-])cc3)=C(SC3CC(C4CCNCC4)N(CO)C3)C(C)[C@@H]12.O=C(O)C(=O)O. The van der Waals surface area contributed by atoms with Gasteiger partial charge in [-0.1, -0.05) is 6.92 Å². The van der Waals surface area contributed by atoms with Crippen molar-refractivity contribution in [2.45, 2.75) is 63.2 Å². The Balaban J connectivity index is 0.000000700. The van der Waals surface area contributed by atoms with Gasteiger partial charge < -0.3 is 35.4 Å². The summed E-state index contributed by atoms with van der Waals surface area (Å²) in [5.41, 5.74) is 0.787. The van der Waals surface area contributed by atoms with E-state index in [2.05, 4.69) is 10.2 Å². The summed E-state index contributed by atoms with van der Waals surface area (Å²) in [6.45, 7) is 6.14. The van der Waals surface area contributed by atoms with Crippen LogP contribution in [0.5, 0.6) is 0 Å². The molecule has 4 aliphatic heterocycles. The number of nitro benzene ring substituents is 1. The quantitative estimate of drug-likeness (QED) is 0.0827. The Labute approximate surface area is 263 Å². The molecule has 1 aromatic carbocycles. The Morgan fingerprint density at radius 2 is 1.78 bits per heavy atom. The molecule has 3 saturated heterocycles. The first-order valence-corrected chi connectivity index (χ1v) is 15.6. The number of ether oxygens (including phenoxy) is 1. The molecule has 0 aromatic heterocycles. The normalized spacial score (nSPS) is 27.2. The second-order valence-corrected chi connectivity index (χ2v) is 13.0. The molecule has 1 aromatic rings. The van der Waals surface area contributed by atoms with Crippen LogP contribution in [0.25, 0.3) is 0 Å². The lowest BCUT2D eigenvalue weighted by Gasteiger charge is -2.46. The van der Waals surface area contributed by atoms with Crippen molar-refractivity contribution >= 4 is 41.3 Å². The third-order valence-electron chi connectivity index (χ3n) is 8.82. The fourth-order valence-electron chi connectivity index (χ4n) is 6.64. The number of non-ortho nitro benzene ring substituents is 1. The number of nitrogens with one attached hydrogen (secondary N) is 1. The number of carboxylic acid groups (broad SMARTS) is 2. The van der Waals surface area contributed by atoms with E-state index in [4.69, 9.17) is 24.5 Å². The summed E-state index contributed by atoms with van der Waals surface area (Å²) in [4.78, 5) is 59.6. The van der Waals surface area contributed by atoms with Crippen molar-refractivity contribution in [3.05, 3.63) is 50.5 Å². The molecule has 1 amide bonds. The molecule has 4 heterocycles. The van der Waals surface area contributed by atoms with E-state index in [9.17, 15) is 29.9 Å². The van der Waals surface area contributed by atoms with Crippen LogP contribution in [-0.4, -0.2) is 109 Å². The Morgan fingerprint density at radius 3 is 2.31 bits per heavy atom. The minimum Gasteiger partial charge on any atom is -0.473 e. The monoisotopic (exact) mass is 650 g/mol. The Kier molecular flexibility index (Phi) is 11.2. The van der Waals surface area contributed by atoms with Gasteiger partial charge in [-0.05, 0) is 62.9 Å². The van der Waals surface area contributed by atoms with Crippen LogP contribution < -0.4 is 5.32 Å². The molecule has 16 heteroatoms. The molecule has 0 bridgehead atoms. The van der Waals surface area contributed by atoms with E-state index in [1.165, 1.54) is 29.2 Å². The van der Waals surface area contributed by atoms with Crippen molar-refractivity contribution in [2.24, 2.45) is 17.8 Å². The van der Waals surface area contributed by atoms with Gasteiger partial charge in [-0.3, -0.25) is 19.8 Å². The summed E-state index contributed by atoms with van der Waals surface area (Å²) >= 11 is 1.60. The highest BCUT2D eigenvalue weighted by Crippen LogP contribution is 2.52. The third kappa shape index (κ3) is 7.47. The van der Waals surface area contributed by atoms with Crippen molar-refractivity contribution in [3.8, 4) is 0 Å². The standard InChI is InChI=1S/C27H36N4O7S.C2H2O4/c1-15-23-22(16(2)33)26(34)30(23)24(27(35)38-13-17-3-5-19(6-4-17)31(36)37)25(15)39-20-11-21(29(12-20)14-32)18-7-9-28-10-8-18;3-1(4)2(5)6/h3-6,15-16,18,20-23,28,32-33H,7-14H2,1-2H3;(H,3,4)(H,5,6)/t15?,16?,20?,21?,22?,23-;/m0./s1. The topological polar surface area (TPSA) is 220 Å². The number of aliphatic carboxylic acids is 2. The van der Waals surface area contributed by atoms with E-state index in [0.717, 1.165) is 37.3 Å². The van der Waals surface area contributed by atoms with E-state index in [1.54, 1.807) is 18.7 Å². The lowest BCUT2D eigenvalue weighted by atomic mass is 9.79. The highest BCUT2D eigenvalue weighted by molar-refractivity contribution is 8.03. The highest BCUT2D eigenvalue weighted by atomic mass is 32.2. The molecule has 15 nitrogen and oxygen atoms in total. The number of likely N-dealkylation sites (tertiary alicyclic amines) is 1. The first-order valence-electron chi connectivity index (χ1n) is 14.7. The van der Waals surface area contributed by atoms with E-state index in [1.807, 2.05) is 6.92 Å². The van der Waals surface area contributed by atoms with Crippen molar-refractivity contribution in [1.29, 1.82) is 0 Å². The smallest absolute Gasteiger partial charge is 0.414 e. The van der Waals surface area contributed by atoms with Gasteiger partial charge in [-0.25, -0.2) is 14.4 Å². The Morgan fingerprint density at radius 1 is 1.16 bits per heavy atom. The maximum absolute atomic E-state index is 13.5. The number of nitrogens with zero attached hydrogens (tertiary/aromatic N) is 3. The van der Waals surface area contributed by atoms with E-state index in [0.29, 0.717) is 18.0 Å². The van der Waals surface area contributed by atoms with Crippen LogP contribution in [0, 0.1) is 27.9 Å². The Hall–Kier alpha value is -3.57. The zero-order chi connectivity index (χ0) is 33.0. The van der Waals surface area contributed by atoms with Gasteiger partial charge in [-0.2, -0.15) is 0 Å². The van der Waals surface area contributed by atoms with Gasteiger partial charge >= 0.3 is 17.9 Å². The van der Waals surface area contributed by atoms with Crippen molar-refractivity contribution < 1.29 is 49.3 Å². The molecule has 0 spiro atoms. The number of carbonyl (C=O) groups is 4.